The van der Waals surface area contributed by atoms with Crippen LogP contribution < -0.4 is 0 Å². The Labute approximate surface area is 58.6 Å². The molecule has 0 heterocycles. The molecule has 0 radical (unpaired) electrons. The third kappa shape index (κ3) is 7.63. The van der Waals surface area contributed by atoms with Gasteiger partial charge in [0.2, 0.25) is 0 Å². The molecule has 0 saturated carbocycles. The highest BCUT2D eigenvalue weighted by molar-refractivity contribution is 6.75. The van der Waals surface area contributed by atoms with Crippen LogP contribution in [0.4, 0.5) is 0 Å². The van der Waals surface area contributed by atoms with Gasteiger partial charge in [0.05, 0.1) is 0 Å². The molecule has 0 rings (SSSR count). The summed E-state index contributed by atoms with van der Waals surface area (Å²) in [5, 5.41) is 0. The summed E-state index contributed by atoms with van der Waals surface area (Å²) >= 11 is 0. The maximum Gasteiger partial charge on any atom is 0.172 e. The molecule has 0 atom stereocenters. The molecule has 0 spiro atoms. The van der Waals surface area contributed by atoms with E-state index < -0.39 is 8.24 Å². The van der Waals surface area contributed by atoms with Crippen molar-refractivity contribution in [2.45, 2.75) is 26.6 Å². The largest absolute Gasteiger partial charge is 0.329 e. The maximum atomic E-state index is 4.37. The zero-order valence-electron chi connectivity index (χ0n) is 6.68. The summed E-state index contributed by atoms with van der Waals surface area (Å²) in [6, 6.07) is 0. The summed E-state index contributed by atoms with van der Waals surface area (Å²) in [5.74, 6) is 0. The van der Waals surface area contributed by atoms with Crippen molar-refractivity contribution in [2.75, 3.05) is 0 Å². The van der Waals surface area contributed by atoms with Gasteiger partial charge >= 0.3 is 0 Å². The molecule has 0 aliphatic rings. The number of nitrogens with zero attached hydrogens (tertiary/aromatic N) is 1. The molecule has 0 fully saturated rings. The Balaban J connectivity index is 3.71. The van der Waals surface area contributed by atoms with Gasteiger partial charge in [0.25, 0.3) is 0 Å². The number of hydrogen-bond acceptors (Lipinski definition) is 1. The van der Waals surface area contributed by atoms with E-state index in [1.54, 1.807) is 0 Å². The van der Waals surface area contributed by atoms with Crippen molar-refractivity contribution in [3.63, 3.8) is 0 Å². The molecule has 0 aliphatic carbocycles. The minimum Gasteiger partial charge on any atom is -0.329 e. The second-order valence-corrected chi connectivity index (χ2v) is 7.57. The first-order chi connectivity index (χ1) is 4.06. The Morgan fingerprint density at radius 2 is 1.78 bits per heavy atom. The topological polar surface area (TPSA) is 12.4 Å². The Hall–Kier alpha value is -0.373. The van der Waals surface area contributed by atoms with Crippen LogP contribution in [0.1, 0.15) is 6.92 Å². The molecule has 9 heavy (non-hydrogen) atoms. The van der Waals surface area contributed by atoms with E-state index in [1.165, 1.54) is 0 Å². The molecule has 0 aliphatic heterocycles. The van der Waals surface area contributed by atoms with Crippen LogP contribution >= 0.6 is 0 Å². The summed E-state index contributed by atoms with van der Waals surface area (Å²) in [6.45, 7) is 8.64. The fraction of sp³-hybridized carbons (Fsp3) is 0.571. The highest BCUT2D eigenvalue weighted by atomic mass is 28.3. The lowest BCUT2D eigenvalue weighted by atomic mass is 10.6. The lowest BCUT2D eigenvalue weighted by Gasteiger charge is -2.05. The molecule has 1 nitrogen and oxygen atoms in total. The molecule has 0 aromatic heterocycles. The fourth-order valence-electron chi connectivity index (χ4n) is 0.353. The molecule has 0 amide bonds. The standard InChI is InChI=1S/C7H15NSi/c1-5-6-7-8-9(2,3)4/h5-7H,1-4H3/b6-5+,8-7+. The third-order valence-electron chi connectivity index (χ3n) is 0.740. The first-order valence-electron chi connectivity index (χ1n) is 3.23. The molecular weight excluding hydrogens is 126 g/mol. The van der Waals surface area contributed by atoms with E-state index >= 15 is 0 Å². The van der Waals surface area contributed by atoms with Gasteiger partial charge in [-0.05, 0) is 32.6 Å². The van der Waals surface area contributed by atoms with Gasteiger partial charge in [0, 0.05) is 6.21 Å². The van der Waals surface area contributed by atoms with Gasteiger partial charge in [-0.25, -0.2) is 0 Å². The van der Waals surface area contributed by atoms with E-state index in [2.05, 4.69) is 24.3 Å². The van der Waals surface area contributed by atoms with Crippen LogP contribution in [0.2, 0.25) is 19.6 Å². The Morgan fingerprint density at radius 1 is 1.22 bits per heavy atom. The minimum absolute atomic E-state index is 1.18. The highest BCUT2D eigenvalue weighted by Gasteiger charge is 2.07. The summed E-state index contributed by atoms with van der Waals surface area (Å²) in [4.78, 5) is 0. The van der Waals surface area contributed by atoms with Gasteiger partial charge in [0.15, 0.2) is 8.24 Å². The van der Waals surface area contributed by atoms with Gasteiger partial charge < -0.3 is 4.66 Å². The Morgan fingerprint density at radius 3 is 2.11 bits per heavy atom. The molecule has 0 saturated heterocycles. The SMILES string of the molecule is C/C=C/C=N/[Si](C)(C)C. The van der Waals surface area contributed by atoms with Gasteiger partial charge in [-0.2, -0.15) is 0 Å². The fourth-order valence-corrected chi connectivity index (χ4v) is 0.886. The molecule has 0 aromatic carbocycles. The van der Waals surface area contributed by atoms with Crippen LogP contribution in [0.5, 0.6) is 0 Å². The summed E-state index contributed by atoms with van der Waals surface area (Å²) in [5.41, 5.74) is 0. The van der Waals surface area contributed by atoms with E-state index in [9.17, 15) is 0 Å². The van der Waals surface area contributed by atoms with E-state index in [0.29, 0.717) is 0 Å². The van der Waals surface area contributed by atoms with E-state index in [-0.39, 0.29) is 0 Å². The van der Waals surface area contributed by atoms with Gasteiger partial charge in [0.1, 0.15) is 0 Å². The molecule has 0 bridgehead atoms. The number of hydrogen-bond donors (Lipinski definition) is 0. The van der Waals surface area contributed by atoms with E-state index in [1.807, 2.05) is 25.3 Å². The van der Waals surface area contributed by atoms with E-state index in [4.69, 9.17) is 0 Å². The summed E-state index contributed by atoms with van der Waals surface area (Å²) < 4.78 is 4.37. The van der Waals surface area contributed by atoms with Crippen molar-refractivity contribution in [1.29, 1.82) is 0 Å². The molecule has 52 valence electrons. The third-order valence-corrected chi connectivity index (χ3v) is 1.66. The summed E-state index contributed by atoms with van der Waals surface area (Å²) in [6.07, 6.45) is 5.86. The molecular formula is C7H15NSi. The van der Waals surface area contributed by atoms with Gasteiger partial charge in [-0.15, -0.1) is 0 Å². The first kappa shape index (κ1) is 8.63. The average Bonchev–Trinajstić information content (AvgIpc) is 1.63. The smallest absolute Gasteiger partial charge is 0.172 e. The quantitative estimate of drug-likeness (QED) is 0.414. The summed E-state index contributed by atoms with van der Waals surface area (Å²) in [7, 11) is -1.18. The molecule has 2 heteroatoms. The van der Waals surface area contributed by atoms with Crippen molar-refractivity contribution in [1.82, 2.24) is 0 Å². The predicted octanol–water partition coefficient (Wildman–Crippen LogP) is 2.47. The maximum absolute atomic E-state index is 4.37. The van der Waals surface area contributed by atoms with Crippen LogP contribution in [-0.2, 0) is 0 Å². The van der Waals surface area contributed by atoms with Crippen LogP contribution in [0.25, 0.3) is 0 Å². The second kappa shape index (κ2) is 3.61. The normalized spacial score (nSPS) is 13.8. The molecule has 0 unspecified atom stereocenters. The Kier molecular flexibility index (Phi) is 3.46. The van der Waals surface area contributed by atoms with Crippen LogP contribution in [0.15, 0.2) is 16.8 Å². The Bertz CT molecular complexity index is 119. The zero-order chi connectivity index (χ0) is 7.33. The van der Waals surface area contributed by atoms with Gasteiger partial charge in [-0.1, -0.05) is 6.08 Å². The van der Waals surface area contributed by atoms with Crippen molar-refractivity contribution >= 4 is 14.5 Å². The molecule has 0 aromatic rings. The molecule has 0 N–H and O–H groups in total. The average molecular weight is 141 g/mol. The van der Waals surface area contributed by atoms with Crippen molar-refractivity contribution in [2.24, 2.45) is 4.66 Å². The van der Waals surface area contributed by atoms with Crippen LogP contribution in [0.3, 0.4) is 0 Å². The number of rotatable bonds is 2. The number of allylic oxidation sites excluding steroid dienone is 2. The van der Waals surface area contributed by atoms with Crippen LogP contribution in [-0.4, -0.2) is 14.5 Å². The van der Waals surface area contributed by atoms with E-state index in [0.717, 1.165) is 0 Å². The van der Waals surface area contributed by atoms with Crippen molar-refractivity contribution < 1.29 is 0 Å². The van der Waals surface area contributed by atoms with Crippen molar-refractivity contribution in [3.05, 3.63) is 12.2 Å². The minimum atomic E-state index is -1.18. The van der Waals surface area contributed by atoms with Gasteiger partial charge in [-0.3, -0.25) is 0 Å². The van der Waals surface area contributed by atoms with Crippen LogP contribution in [0, 0.1) is 0 Å². The predicted molar refractivity (Wildman–Crippen MR) is 46.7 cm³/mol. The monoisotopic (exact) mass is 141 g/mol. The zero-order valence-corrected chi connectivity index (χ0v) is 7.68. The second-order valence-electron chi connectivity index (χ2n) is 2.97. The lowest BCUT2D eigenvalue weighted by molar-refractivity contribution is 1.58. The first-order valence-corrected chi connectivity index (χ1v) is 6.67. The lowest BCUT2D eigenvalue weighted by Crippen LogP contribution is -2.15. The highest BCUT2D eigenvalue weighted by Crippen LogP contribution is 1.99. The van der Waals surface area contributed by atoms with Crippen molar-refractivity contribution in [3.8, 4) is 0 Å².